The Morgan fingerprint density at radius 2 is 2.06 bits per heavy atom. The van der Waals surface area contributed by atoms with Crippen LogP contribution in [0.3, 0.4) is 0 Å². The normalized spacial score (nSPS) is 10.0. The molecular weight excluding hydrogens is 248 g/mol. The van der Waals surface area contributed by atoms with Gasteiger partial charge >= 0.3 is 0 Å². The van der Waals surface area contributed by atoms with Crippen LogP contribution in [0.2, 0.25) is 5.02 Å². The van der Waals surface area contributed by atoms with E-state index in [1.807, 2.05) is 24.9 Å². The molecule has 0 atom stereocenters. The molecule has 0 aliphatic carbocycles. The second-order valence-corrected chi connectivity index (χ2v) is 4.53. The van der Waals surface area contributed by atoms with Crippen LogP contribution in [0, 0.1) is 10.1 Å². The van der Waals surface area contributed by atoms with Crippen molar-refractivity contribution in [2.45, 2.75) is 0 Å². The van der Waals surface area contributed by atoms with Crippen LogP contribution in [0.1, 0.15) is 5.56 Å². The van der Waals surface area contributed by atoms with Gasteiger partial charge in [-0.05, 0) is 12.3 Å². The van der Waals surface area contributed by atoms with Crippen molar-refractivity contribution in [1.29, 1.82) is 0 Å². The summed E-state index contributed by atoms with van der Waals surface area (Å²) in [4.78, 5) is 10.1. The summed E-state index contributed by atoms with van der Waals surface area (Å²) in [5, 5.41) is 11.9. The van der Waals surface area contributed by atoms with Crippen LogP contribution >= 0.6 is 23.4 Å². The van der Waals surface area contributed by atoms with Gasteiger partial charge in [-0.15, -0.1) is 0 Å². The third-order valence-electron chi connectivity index (χ3n) is 1.99. The number of halogens is 1. The molecule has 0 radical (unpaired) electrons. The number of hydrogen-bond acceptors (Lipinski definition) is 3. The summed E-state index contributed by atoms with van der Waals surface area (Å²) >= 11 is 7.57. The van der Waals surface area contributed by atoms with Crippen LogP contribution in [-0.4, -0.2) is 34.9 Å². The number of nitrogens with zero attached hydrogens (tertiary/aromatic N) is 2. The number of nitro groups is 1. The minimum atomic E-state index is -0.454. The minimum absolute atomic E-state index is 0.00737. The summed E-state index contributed by atoms with van der Waals surface area (Å²) in [7, 11) is 3.81. The van der Waals surface area contributed by atoms with Crippen LogP contribution in [0.5, 0.6) is 0 Å². The molecule has 1 aromatic rings. The highest BCUT2D eigenvalue weighted by Gasteiger charge is 2.17. The first-order valence-corrected chi connectivity index (χ1v) is 6.10. The first-order valence-electron chi connectivity index (χ1n) is 4.50. The van der Waals surface area contributed by atoms with Gasteiger partial charge in [0.1, 0.15) is 14.1 Å². The molecule has 86 valence electrons. The highest BCUT2D eigenvalue weighted by molar-refractivity contribution is 8.13. The lowest BCUT2D eigenvalue weighted by atomic mass is 10.2. The standard InChI is InChI=1S/C10H12ClN2O2S/c1-12(2)10(16-3)8-5-4-7(13(14)15)6-9(8)11/h4-6H,1-3H3/q+1. The lowest BCUT2D eigenvalue weighted by Gasteiger charge is -2.03. The molecule has 0 unspecified atom stereocenters. The van der Waals surface area contributed by atoms with E-state index in [4.69, 9.17) is 11.6 Å². The molecule has 4 nitrogen and oxygen atoms in total. The summed E-state index contributed by atoms with van der Waals surface area (Å²) in [5.41, 5.74) is 0.817. The molecule has 0 spiro atoms. The van der Waals surface area contributed by atoms with E-state index in [1.54, 1.807) is 17.8 Å². The molecule has 0 amide bonds. The van der Waals surface area contributed by atoms with Crippen molar-refractivity contribution in [3.05, 3.63) is 38.9 Å². The van der Waals surface area contributed by atoms with Crippen molar-refractivity contribution in [2.24, 2.45) is 0 Å². The molecule has 0 N–H and O–H groups in total. The third kappa shape index (κ3) is 2.74. The Morgan fingerprint density at radius 1 is 1.44 bits per heavy atom. The van der Waals surface area contributed by atoms with Gasteiger partial charge in [0, 0.05) is 12.1 Å². The van der Waals surface area contributed by atoms with Crippen LogP contribution in [0.4, 0.5) is 5.69 Å². The monoisotopic (exact) mass is 259 g/mol. The molecule has 0 fully saturated rings. The molecule has 0 bridgehead atoms. The summed E-state index contributed by atoms with van der Waals surface area (Å²) in [6.07, 6.45) is 1.94. The van der Waals surface area contributed by atoms with Crippen molar-refractivity contribution in [2.75, 3.05) is 20.4 Å². The maximum absolute atomic E-state index is 10.6. The average Bonchev–Trinajstić information content (AvgIpc) is 2.20. The predicted octanol–water partition coefficient (Wildman–Crippen LogP) is 2.63. The molecule has 0 saturated carbocycles. The molecule has 6 heteroatoms. The number of non-ortho nitro benzene ring substituents is 1. The van der Waals surface area contributed by atoms with Gasteiger partial charge in [0.25, 0.3) is 5.69 Å². The summed E-state index contributed by atoms with van der Waals surface area (Å²) < 4.78 is 1.93. The van der Waals surface area contributed by atoms with Crippen molar-refractivity contribution in [3.8, 4) is 0 Å². The van der Waals surface area contributed by atoms with Crippen LogP contribution in [0.15, 0.2) is 18.2 Å². The van der Waals surface area contributed by atoms with E-state index in [0.29, 0.717) is 5.02 Å². The van der Waals surface area contributed by atoms with E-state index in [0.717, 1.165) is 10.6 Å². The van der Waals surface area contributed by atoms with E-state index >= 15 is 0 Å². The Morgan fingerprint density at radius 3 is 2.44 bits per heavy atom. The molecule has 0 aliphatic rings. The Hall–Kier alpha value is -1.07. The Labute approximate surface area is 103 Å². The molecule has 0 saturated heterocycles. The molecule has 0 aromatic heterocycles. The van der Waals surface area contributed by atoms with Gasteiger partial charge in [-0.2, -0.15) is 0 Å². The van der Waals surface area contributed by atoms with Crippen molar-refractivity contribution in [1.82, 2.24) is 0 Å². The van der Waals surface area contributed by atoms with Gasteiger partial charge in [-0.3, -0.25) is 10.1 Å². The quantitative estimate of drug-likeness (QED) is 0.270. The van der Waals surface area contributed by atoms with E-state index < -0.39 is 4.92 Å². The Balaban J connectivity index is 3.28. The number of nitro benzene ring substituents is 1. The first-order chi connectivity index (χ1) is 7.47. The molecule has 1 rings (SSSR count). The average molecular weight is 260 g/mol. The van der Waals surface area contributed by atoms with E-state index in [9.17, 15) is 10.1 Å². The molecular formula is C10H12ClN2O2S+. The fourth-order valence-electron chi connectivity index (χ4n) is 1.32. The topological polar surface area (TPSA) is 46.1 Å². The zero-order valence-electron chi connectivity index (χ0n) is 9.23. The summed E-state index contributed by atoms with van der Waals surface area (Å²) in [6, 6.07) is 4.50. The Bertz CT molecular complexity index is 456. The molecule has 0 heterocycles. The van der Waals surface area contributed by atoms with Crippen molar-refractivity contribution < 1.29 is 9.50 Å². The van der Waals surface area contributed by atoms with Gasteiger partial charge in [-0.1, -0.05) is 23.4 Å². The van der Waals surface area contributed by atoms with Crippen LogP contribution in [0.25, 0.3) is 0 Å². The molecule has 0 aliphatic heterocycles. The van der Waals surface area contributed by atoms with Gasteiger partial charge in [0.15, 0.2) is 0 Å². The maximum atomic E-state index is 10.6. The number of rotatable bonds is 2. The van der Waals surface area contributed by atoms with E-state index in [1.165, 1.54) is 12.1 Å². The van der Waals surface area contributed by atoms with Gasteiger partial charge in [0.05, 0.1) is 15.5 Å². The number of hydrogen-bond donors (Lipinski definition) is 0. The fourth-order valence-corrected chi connectivity index (χ4v) is 2.41. The zero-order chi connectivity index (χ0) is 12.3. The maximum Gasteiger partial charge on any atom is 0.270 e. The largest absolute Gasteiger partial charge is 0.270 e. The first kappa shape index (κ1) is 13.0. The molecule has 16 heavy (non-hydrogen) atoms. The highest BCUT2D eigenvalue weighted by Crippen LogP contribution is 2.25. The SMILES string of the molecule is CSC(c1ccc([N+](=O)[O-])cc1Cl)=[N+](C)C. The van der Waals surface area contributed by atoms with Crippen LogP contribution < -0.4 is 0 Å². The van der Waals surface area contributed by atoms with E-state index in [2.05, 4.69) is 0 Å². The molecule has 1 aromatic carbocycles. The van der Waals surface area contributed by atoms with Gasteiger partial charge in [-0.25, -0.2) is 4.58 Å². The predicted molar refractivity (Wildman–Crippen MR) is 67.8 cm³/mol. The second kappa shape index (κ2) is 5.32. The third-order valence-corrected chi connectivity index (χ3v) is 3.28. The lowest BCUT2D eigenvalue weighted by molar-refractivity contribution is -0.460. The Kier molecular flexibility index (Phi) is 4.32. The lowest BCUT2D eigenvalue weighted by Crippen LogP contribution is -2.11. The van der Waals surface area contributed by atoms with Crippen LogP contribution in [-0.2, 0) is 0 Å². The number of benzene rings is 1. The zero-order valence-corrected chi connectivity index (χ0v) is 10.8. The second-order valence-electron chi connectivity index (χ2n) is 3.32. The van der Waals surface area contributed by atoms with Crippen molar-refractivity contribution >= 4 is 34.1 Å². The van der Waals surface area contributed by atoms with Gasteiger partial charge in [0.2, 0.25) is 5.04 Å². The highest BCUT2D eigenvalue weighted by atomic mass is 35.5. The smallest absolute Gasteiger partial charge is 0.258 e. The summed E-state index contributed by atoms with van der Waals surface area (Å²) in [6.45, 7) is 0. The van der Waals surface area contributed by atoms with Gasteiger partial charge < -0.3 is 0 Å². The number of thioether (sulfide) groups is 1. The fraction of sp³-hybridized carbons (Fsp3) is 0.300. The minimum Gasteiger partial charge on any atom is -0.258 e. The van der Waals surface area contributed by atoms with Crippen molar-refractivity contribution in [3.63, 3.8) is 0 Å². The van der Waals surface area contributed by atoms with E-state index in [-0.39, 0.29) is 5.69 Å². The summed E-state index contributed by atoms with van der Waals surface area (Å²) in [5.74, 6) is 0.